The van der Waals surface area contributed by atoms with Gasteiger partial charge in [0, 0.05) is 12.8 Å². The summed E-state index contributed by atoms with van der Waals surface area (Å²) >= 11 is 0. The quantitative estimate of drug-likeness (QED) is 0.0291. The number of unbranched alkanes of at least 4 members (excludes halogenated alkanes) is 10. The summed E-state index contributed by atoms with van der Waals surface area (Å²) in [6.07, 6.45) is 36.3. The number of hydrogen-bond donors (Lipinski definition) is 4. The molecule has 4 N–H and O–H groups in total. The van der Waals surface area contributed by atoms with Crippen molar-refractivity contribution in [1.29, 1.82) is 0 Å². The molecule has 1 heterocycles. The summed E-state index contributed by atoms with van der Waals surface area (Å²) in [5.74, 6) is -0.902. The van der Waals surface area contributed by atoms with Gasteiger partial charge in [-0.15, -0.1) is 0 Å². The number of esters is 2. The Hall–Kier alpha value is -2.86. The van der Waals surface area contributed by atoms with Gasteiger partial charge in [0.05, 0.1) is 13.2 Å². The summed E-state index contributed by atoms with van der Waals surface area (Å²) in [5.41, 5.74) is 0. The molecule has 0 aromatic rings. The molecule has 1 rings (SSSR count). The van der Waals surface area contributed by atoms with E-state index in [2.05, 4.69) is 86.8 Å². The number of rotatable bonds is 33. The predicted octanol–water partition coefficient (Wildman–Crippen LogP) is 8.44. The maximum Gasteiger partial charge on any atom is 0.306 e. The van der Waals surface area contributed by atoms with Crippen LogP contribution in [0.25, 0.3) is 0 Å². The molecule has 0 saturated carbocycles. The Kier molecular flexibility index (Phi) is 32.4. The Bertz CT molecular complexity index is 1120. The smallest absolute Gasteiger partial charge is 0.306 e. The lowest BCUT2D eigenvalue weighted by molar-refractivity contribution is -0.305. The second-order valence-electron chi connectivity index (χ2n) is 14.1. The van der Waals surface area contributed by atoms with Gasteiger partial charge in [0.15, 0.2) is 12.4 Å². The van der Waals surface area contributed by atoms with E-state index >= 15 is 0 Å². The first-order valence-corrected chi connectivity index (χ1v) is 21.0. The zero-order chi connectivity index (χ0) is 40.2. The molecule has 1 aliphatic heterocycles. The summed E-state index contributed by atoms with van der Waals surface area (Å²) in [7, 11) is 0. The minimum atomic E-state index is -1.61. The van der Waals surface area contributed by atoms with Crippen molar-refractivity contribution in [2.45, 2.75) is 179 Å². The standard InChI is InChI=1S/C45H74O10/c1-3-5-7-9-11-13-15-17-19-21-23-25-27-29-31-33-40(47)52-36-38(37-53-45-44(51)43(50)42(49)39(35-46)55-45)54-41(48)34-32-30-28-26-24-22-20-18-16-14-12-10-8-6-4-2/h5,7,11,13,17-20,23-26,38-39,42-46,49-51H,3-4,6,8-10,12,14-16,21-22,27-37H2,1-2H3/b7-5+,13-11+,19-17+,20-18+,25-23+,26-24+/t38-,39-,42+,43?,44?,45-/m0/s1. The van der Waals surface area contributed by atoms with Gasteiger partial charge in [-0.1, -0.05) is 119 Å². The Morgan fingerprint density at radius 2 is 1.07 bits per heavy atom. The second kappa shape index (κ2) is 35.5. The predicted molar refractivity (Wildman–Crippen MR) is 219 cm³/mol. The maximum absolute atomic E-state index is 12.7. The van der Waals surface area contributed by atoms with Gasteiger partial charge >= 0.3 is 11.9 Å². The van der Waals surface area contributed by atoms with Crippen molar-refractivity contribution in [1.82, 2.24) is 0 Å². The van der Waals surface area contributed by atoms with Gasteiger partial charge in [0.1, 0.15) is 31.0 Å². The molecule has 10 nitrogen and oxygen atoms in total. The minimum absolute atomic E-state index is 0.174. The molecule has 0 spiro atoms. The SMILES string of the molecule is CC/C=C/C/C=C/C/C=C/C/C=C/CCCCC(=O)OC[C@@H](CO[C@H]1O[C@@H](CO)[C@@H](O)C(O)C1O)OC(=O)CCCC/C=C/C/C=C/CCCCCCCC. The van der Waals surface area contributed by atoms with Crippen molar-refractivity contribution < 1.29 is 49.0 Å². The number of ether oxygens (including phenoxy) is 4. The fraction of sp³-hybridized carbons (Fsp3) is 0.689. The van der Waals surface area contributed by atoms with Crippen LogP contribution >= 0.6 is 0 Å². The lowest BCUT2D eigenvalue weighted by atomic mass is 9.99. The van der Waals surface area contributed by atoms with Gasteiger partial charge in [-0.05, 0) is 83.5 Å². The molecule has 0 radical (unpaired) electrons. The van der Waals surface area contributed by atoms with Crippen LogP contribution in [0.2, 0.25) is 0 Å². The van der Waals surface area contributed by atoms with Crippen LogP contribution < -0.4 is 0 Å². The minimum Gasteiger partial charge on any atom is -0.462 e. The summed E-state index contributed by atoms with van der Waals surface area (Å²) in [6.45, 7) is 3.20. The number of carbonyl (C=O) groups is 2. The van der Waals surface area contributed by atoms with E-state index in [1.165, 1.54) is 38.5 Å². The fourth-order valence-electron chi connectivity index (χ4n) is 5.74. The van der Waals surface area contributed by atoms with Gasteiger partial charge in [-0.25, -0.2) is 0 Å². The number of aliphatic hydroxyl groups excluding tert-OH is 4. The fourth-order valence-corrected chi connectivity index (χ4v) is 5.74. The average Bonchev–Trinajstić information content (AvgIpc) is 3.18. The van der Waals surface area contributed by atoms with Crippen molar-refractivity contribution >= 4 is 11.9 Å². The van der Waals surface area contributed by atoms with Crippen LogP contribution in [-0.2, 0) is 28.5 Å². The van der Waals surface area contributed by atoms with Crippen molar-refractivity contribution in [3.8, 4) is 0 Å². The molecule has 1 saturated heterocycles. The van der Waals surface area contributed by atoms with E-state index < -0.39 is 55.4 Å². The summed E-state index contributed by atoms with van der Waals surface area (Å²) in [6, 6.07) is 0. The normalized spacial score (nSPS) is 21.3. The van der Waals surface area contributed by atoms with Crippen LogP contribution in [0.15, 0.2) is 72.9 Å². The molecule has 314 valence electrons. The molecule has 0 aromatic carbocycles. The molecule has 10 heteroatoms. The first kappa shape index (κ1) is 50.2. The van der Waals surface area contributed by atoms with E-state index in [1.54, 1.807) is 0 Å². The molecule has 1 fully saturated rings. The summed E-state index contributed by atoms with van der Waals surface area (Å²) < 4.78 is 22.0. The van der Waals surface area contributed by atoms with E-state index in [1.807, 2.05) is 0 Å². The molecule has 0 amide bonds. The molecule has 1 aliphatic rings. The third kappa shape index (κ3) is 27.4. The van der Waals surface area contributed by atoms with Gasteiger partial charge < -0.3 is 39.4 Å². The first-order valence-electron chi connectivity index (χ1n) is 21.0. The van der Waals surface area contributed by atoms with Crippen molar-refractivity contribution in [2.75, 3.05) is 19.8 Å². The molecule has 0 aliphatic carbocycles. The van der Waals surface area contributed by atoms with Gasteiger partial charge in [0.2, 0.25) is 0 Å². The molecule has 55 heavy (non-hydrogen) atoms. The molecule has 6 atom stereocenters. The monoisotopic (exact) mass is 775 g/mol. The van der Waals surface area contributed by atoms with Crippen LogP contribution in [0, 0.1) is 0 Å². The largest absolute Gasteiger partial charge is 0.462 e. The zero-order valence-corrected chi connectivity index (χ0v) is 33.9. The summed E-state index contributed by atoms with van der Waals surface area (Å²) in [5, 5.41) is 40.0. The number of carbonyl (C=O) groups excluding carboxylic acids is 2. The lowest BCUT2D eigenvalue weighted by Crippen LogP contribution is -2.59. The van der Waals surface area contributed by atoms with Gasteiger partial charge in [0.25, 0.3) is 0 Å². The Morgan fingerprint density at radius 3 is 1.62 bits per heavy atom. The van der Waals surface area contributed by atoms with Crippen molar-refractivity contribution in [3.63, 3.8) is 0 Å². The lowest BCUT2D eigenvalue weighted by Gasteiger charge is -2.39. The molecule has 2 unspecified atom stereocenters. The van der Waals surface area contributed by atoms with Crippen molar-refractivity contribution in [3.05, 3.63) is 72.9 Å². The van der Waals surface area contributed by atoms with Crippen molar-refractivity contribution in [2.24, 2.45) is 0 Å². The van der Waals surface area contributed by atoms with E-state index in [0.717, 1.165) is 64.2 Å². The third-order valence-corrected chi connectivity index (χ3v) is 9.08. The Labute approximate surface area is 332 Å². The highest BCUT2D eigenvalue weighted by Crippen LogP contribution is 2.22. The highest BCUT2D eigenvalue weighted by atomic mass is 16.7. The molecular formula is C45H74O10. The highest BCUT2D eigenvalue weighted by molar-refractivity contribution is 5.70. The van der Waals surface area contributed by atoms with Gasteiger partial charge in [-0.2, -0.15) is 0 Å². The Balaban J connectivity index is 2.43. The summed E-state index contributed by atoms with van der Waals surface area (Å²) in [4.78, 5) is 25.2. The van der Waals surface area contributed by atoms with Crippen LogP contribution in [0.4, 0.5) is 0 Å². The zero-order valence-electron chi connectivity index (χ0n) is 33.9. The molecular weight excluding hydrogens is 700 g/mol. The van der Waals surface area contributed by atoms with E-state index in [9.17, 15) is 30.0 Å². The maximum atomic E-state index is 12.7. The van der Waals surface area contributed by atoms with E-state index in [0.29, 0.717) is 12.8 Å². The third-order valence-electron chi connectivity index (χ3n) is 9.08. The van der Waals surface area contributed by atoms with Crippen LogP contribution in [-0.4, -0.2) is 89.0 Å². The van der Waals surface area contributed by atoms with Crippen LogP contribution in [0.1, 0.15) is 142 Å². The van der Waals surface area contributed by atoms with Gasteiger partial charge in [-0.3, -0.25) is 9.59 Å². The number of allylic oxidation sites excluding steroid dienone is 12. The molecule has 0 bridgehead atoms. The van der Waals surface area contributed by atoms with E-state index in [4.69, 9.17) is 18.9 Å². The van der Waals surface area contributed by atoms with Crippen LogP contribution in [0.3, 0.4) is 0 Å². The molecule has 0 aromatic heterocycles. The highest BCUT2D eigenvalue weighted by Gasteiger charge is 2.44. The Morgan fingerprint density at radius 1 is 0.582 bits per heavy atom. The van der Waals surface area contributed by atoms with Crippen LogP contribution in [0.5, 0.6) is 0 Å². The number of aliphatic hydroxyl groups is 4. The first-order chi connectivity index (χ1) is 26.8. The second-order valence-corrected chi connectivity index (χ2v) is 14.1. The average molecular weight is 775 g/mol. The van der Waals surface area contributed by atoms with E-state index in [-0.39, 0.29) is 26.1 Å². The number of hydrogen-bond acceptors (Lipinski definition) is 10. The topological polar surface area (TPSA) is 152 Å².